The molecule has 7 heteroatoms. The van der Waals surface area contributed by atoms with Crippen molar-refractivity contribution in [1.82, 2.24) is 14.7 Å². The number of para-hydroxylation sites is 1. The van der Waals surface area contributed by atoms with Gasteiger partial charge in [0.15, 0.2) is 0 Å². The highest BCUT2D eigenvalue weighted by atomic mass is 16.3. The molecule has 2 aliphatic rings. The van der Waals surface area contributed by atoms with Crippen LogP contribution in [0.25, 0.3) is 0 Å². The highest BCUT2D eigenvalue weighted by Gasteiger charge is 2.35. The van der Waals surface area contributed by atoms with Gasteiger partial charge in [-0.1, -0.05) is 18.2 Å². The molecule has 1 fully saturated rings. The number of hydrogen-bond acceptors (Lipinski definition) is 4. The SMILES string of the molecule is Cc1cc(C)n(C2CN(CC(=O)N3c4ccccc4CC3C)C2)n1.O=CO. The number of aromatic nitrogens is 2. The van der Waals surface area contributed by atoms with Crippen LogP contribution < -0.4 is 4.90 Å². The highest BCUT2D eigenvalue weighted by Crippen LogP contribution is 2.32. The van der Waals surface area contributed by atoms with E-state index in [1.54, 1.807) is 0 Å². The molecule has 0 saturated carbocycles. The Kier molecular flexibility index (Phi) is 5.60. The minimum Gasteiger partial charge on any atom is -0.483 e. The Hall–Kier alpha value is -2.67. The first-order chi connectivity index (χ1) is 12.9. The number of nitrogens with zero attached hydrogens (tertiary/aromatic N) is 4. The van der Waals surface area contributed by atoms with Gasteiger partial charge < -0.3 is 10.0 Å². The van der Waals surface area contributed by atoms with Crippen molar-refractivity contribution in [2.45, 2.75) is 39.3 Å². The number of anilines is 1. The lowest BCUT2D eigenvalue weighted by Crippen LogP contribution is -2.53. The van der Waals surface area contributed by atoms with Gasteiger partial charge in [-0.2, -0.15) is 5.10 Å². The number of amides is 1. The van der Waals surface area contributed by atoms with Crippen LogP contribution in [0.4, 0.5) is 5.69 Å². The molecule has 2 aromatic rings. The zero-order valence-electron chi connectivity index (χ0n) is 16.0. The van der Waals surface area contributed by atoms with Crippen LogP contribution in [0.15, 0.2) is 30.3 Å². The lowest BCUT2D eigenvalue weighted by molar-refractivity contribution is -0.123. The van der Waals surface area contributed by atoms with Crippen LogP contribution in [-0.2, 0) is 16.0 Å². The van der Waals surface area contributed by atoms with Gasteiger partial charge in [-0.15, -0.1) is 0 Å². The van der Waals surface area contributed by atoms with Gasteiger partial charge in [-0.3, -0.25) is 19.2 Å². The average molecular weight is 370 g/mol. The summed E-state index contributed by atoms with van der Waals surface area (Å²) in [6, 6.07) is 11.0. The molecule has 1 amide bonds. The maximum absolute atomic E-state index is 12.8. The van der Waals surface area contributed by atoms with Crippen LogP contribution in [0, 0.1) is 13.8 Å². The van der Waals surface area contributed by atoms with E-state index < -0.39 is 0 Å². The molecule has 1 N–H and O–H groups in total. The second-order valence-electron chi connectivity index (χ2n) is 7.27. The maximum Gasteiger partial charge on any atom is 0.290 e. The first-order valence-corrected chi connectivity index (χ1v) is 9.17. The molecule has 1 unspecified atom stereocenters. The number of benzene rings is 1. The van der Waals surface area contributed by atoms with Crippen molar-refractivity contribution in [3.63, 3.8) is 0 Å². The van der Waals surface area contributed by atoms with Crippen LogP contribution in [0.1, 0.15) is 29.9 Å². The van der Waals surface area contributed by atoms with Crippen LogP contribution in [0.2, 0.25) is 0 Å². The monoisotopic (exact) mass is 370 g/mol. The molecule has 1 saturated heterocycles. The fourth-order valence-electron chi connectivity index (χ4n) is 4.06. The molecule has 4 rings (SSSR count). The third-order valence-electron chi connectivity index (χ3n) is 5.16. The smallest absolute Gasteiger partial charge is 0.290 e. The van der Waals surface area contributed by atoms with Crippen molar-refractivity contribution in [2.75, 3.05) is 24.5 Å². The van der Waals surface area contributed by atoms with E-state index in [2.05, 4.69) is 46.7 Å². The Morgan fingerprint density at radius 3 is 2.59 bits per heavy atom. The van der Waals surface area contributed by atoms with Gasteiger partial charge in [0.25, 0.3) is 6.47 Å². The first kappa shape index (κ1) is 19.1. The molecular formula is C20H26N4O3. The molecule has 2 aliphatic heterocycles. The Morgan fingerprint density at radius 2 is 1.96 bits per heavy atom. The normalized spacial score (nSPS) is 19.1. The molecule has 0 radical (unpaired) electrons. The largest absolute Gasteiger partial charge is 0.483 e. The molecule has 7 nitrogen and oxygen atoms in total. The van der Waals surface area contributed by atoms with Crippen molar-refractivity contribution in [3.8, 4) is 0 Å². The van der Waals surface area contributed by atoms with Gasteiger partial charge in [-0.25, -0.2) is 0 Å². The summed E-state index contributed by atoms with van der Waals surface area (Å²) in [6.45, 7) is 8.29. The molecule has 1 atom stereocenters. The van der Waals surface area contributed by atoms with Crippen molar-refractivity contribution < 1.29 is 14.7 Å². The van der Waals surface area contributed by atoms with E-state index in [4.69, 9.17) is 9.90 Å². The Bertz CT molecular complexity index is 826. The fraction of sp³-hybridized carbons (Fsp3) is 0.450. The molecule has 27 heavy (non-hydrogen) atoms. The second-order valence-corrected chi connectivity index (χ2v) is 7.27. The predicted molar refractivity (Wildman–Crippen MR) is 103 cm³/mol. The summed E-state index contributed by atoms with van der Waals surface area (Å²) in [4.78, 5) is 25.4. The molecule has 0 bridgehead atoms. The number of carbonyl (C=O) groups is 2. The Balaban J connectivity index is 0.000000659. The fourth-order valence-corrected chi connectivity index (χ4v) is 4.06. The van der Waals surface area contributed by atoms with Crippen molar-refractivity contribution in [1.29, 1.82) is 0 Å². The summed E-state index contributed by atoms with van der Waals surface area (Å²) in [5, 5.41) is 11.4. The van der Waals surface area contributed by atoms with E-state index in [1.807, 2.05) is 24.0 Å². The third kappa shape index (κ3) is 3.88. The topological polar surface area (TPSA) is 78.7 Å². The number of aryl methyl sites for hydroxylation is 2. The van der Waals surface area contributed by atoms with Gasteiger partial charge in [-0.05, 0) is 44.9 Å². The van der Waals surface area contributed by atoms with Crippen LogP contribution in [0.5, 0.6) is 0 Å². The summed E-state index contributed by atoms with van der Waals surface area (Å²) < 4.78 is 2.10. The Labute approximate surface area is 159 Å². The van der Waals surface area contributed by atoms with Crippen molar-refractivity contribution in [2.24, 2.45) is 0 Å². The Morgan fingerprint density at radius 1 is 1.30 bits per heavy atom. The summed E-state index contributed by atoms with van der Waals surface area (Å²) in [5.41, 5.74) is 4.63. The van der Waals surface area contributed by atoms with Gasteiger partial charge in [0, 0.05) is 30.5 Å². The predicted octanol–water partition coefficient (Wildman–Crippen LogP) is 2.04. The lowest BCUT2D eigenvalue weighted by atomic mass is 10.1. The molecule has 0 aliphatic carbocycles. The molecule has 3 heterocycles. The van der Waals surface area contributed by atoms with E-state index in [9.17, 15) is 4.79 Å². The number of hydrogen-bond donors (Lipinski definition) is 1. The van der Waals surface area contributed by atoms with Gasteiger partial charge in [0.1, 0.15) is 0 Å². The summed E-state index contributed by atoms with van der Waals surface area (Å²) >= 11 is 0. The first-order valence-electron chi connectivity index (χ1n) is 9.17. The summed E-state index contributed by atoms with van der Waals surface area (Å²) in [6.07, 6.45) is 0.955. The van der Waals surface area contributed by atoms with Crippen molar-refractivity contribution in [3.05, 3.63) is 47.3 Å². The average Bonchev–Trinajstić information content (AvgIpc) is 3.09. The number of fused-ring (bicyclic) bond motifs is 1. The maximum atomic E-state index is 12.8. The van der Waals surface area contributed by atoms with Crippen LogP contribution in [0.3, 0.4) is 0 Å². The number of carbonyl (C=O) groups excluding carboxylic acids is 1. The van der Waals surface area contributed by atoms with E-state index >= 15 is 0 Å². The standard InChI is InChI=1S/C19H24N4O.CH2O2/c1-13-8-15(3)23(20-13)17-10-21(11-17)12-19(24)22-14(2)9-16-6-4-5-7-18(16)22;2-1-3/h4-8,14,17H,9-12H2,1-3H3;1H,(H,2,3). The molecule has 1 aromatic heterocycles. The van der Waals surface area contributed by atoms with E-state index in [0.717, 1.165) is 30.9 Å². The zero-order chi connectivity index (χ0) is 19.6. The minimum absolute atomic E-state index is 0.208. The molecule has 1 aromatic carbocycles. The zero-order valence-corrected chi connectivity index (χ0v) is 16.0. The lowest BCUT2D eigenvalue weighted by Gasteiger charge is -2.40. The third-order valence-corrected chi connectivity index (χ3v) is 5.16. The molecular weight excluding hydrogens is 344 g/mol. The molecule has 144 valence electrons. The van der Waals surface area contributed by atoms with Gasteiger partial charge >= 0.3 is 0 Å². The quantitative estimate of drug-likeness (QED) is 0.837. The van der Waals surface area contributed by atoms with Crippen molar-refractivity contribution >= 4 is 18.1 Å². The number of carboxylic acid groups (broad SMARTS) is 1. The number of rotatable bonds is 3. The van der Waals surface area contributed by atoms with E-state index in [-0.39, 0.29) is 18.4 Å². The number of likely N-dealkylation sites (tertiary alicyclic amines) is 1. The minimum atomic E-state index is -0.250. The summed E-state index contributed by atoms with van der Waals surface area (Å²) in [5.74, 6) is 0.208. The van der Waals surface area contributed by atoms with Crippen LogP contribution in [-0.4, -0.2) is 57.8 Å². The molecule has 0 spiro atoms. The van der Waals surface area contributed by atoms with Gasteiger partial charge in [0.2, 0.25) is 5.91 Å². The van der Waals surface area contributed by atoms with Gasteiger partial charge in [0.05, 0.1) is 18.3 Å². The summed E-state index contributed by atoms with van der Waals surface area (Å²) in [7, 11) is 0. The van der Waals surface area contributed by atoms with Crippen LogP contribution >= 0.6 is 0 Å². The van der Waals surface area contributed by atoms with E-state index in [1.165, 1.54) is 11.3 Å². The van der Waals surface area contributed by atoms with E-state index in [0.29, 0.717) is 12.6 Å². The second kappa shape index (κ2) is 7.92. The highest BCUT2D eigenvalue weighted by molar-refractivity contribution is 5.97.